The summed E-state index contributed by atoms with van der Waals surface area (Å²) in [6.07, 6.45) is 3.67. The Balaban J connectivity index is 2.14. The first-order valence-electron chi connectivity index (χ1n) is 6.37. The first-order chi connectivity index (χ1) is 9.80. The summed E-state index contributed by atoms with van der Waals surface area (Å²) in [6.45, 7) is 0. The minimum Gasteiger partial charge on any atom is -0.497 e. The third-order valence-electron chi connectivity index (χ3n) is 3.33. The first kappa shape index (κ1) is 12.5. The molecule has 0 radical (unpaired) electrons. The maximum absolute atomic E-state index is 5.32. The minimum absolute atomic E-state index is 0.786. The van der Waals surface area contributed by atoms with Crippen LogP contribution in [0.5, 0.6) is 11.5 Å². The van der Waals surface area contributed by atoms with Crippen molar-refractivity contribution in [3.05, 3.63) is 54.9 Å². The largest absolute Gasteiger partial charge is 0.497 e. The van der Waals surface area contributed by atoms with Crippen molar-refractivity contribution in [2.75, 3.05) is 14.2 Å². The van der Waals surface area contributed by atoms with E-state index < -0.39 is 0 Å². The fourth-order valence-electron chi connectivity index (χ4n) is 2.24. The maximum atomic E-state index is 5.32. The van der Waals surface area contributed by atoms with E-state index in [0.29, 0.717) is 0 Å². The van der Waals surface area contributed by atoms with Crippen LogP contribution in [0.25, 0.3) is 21.9 Å². The molecule has 3 nitrogen and oxygen atoms in total. The molecule has 0 fully saturated rings. The van der Waals surface area contributed by atoms with E-state index in [4.69, 9.17) is 9.47 Å². The van der Waals surface area contributed by atoms with Crippen molar-refractivity contribution in [3.63, 3.8) is 0 Å². The van der Waals surface area contributed by atoms with Crippen LogP contribution in [0, 0.1) is 0 Å². The van der Waals surface area contributed by atoms with Gasteiger partial charge in [-0.3, -0.25) is 4.98 Å². The van der Waals surface area contributed by atoms with Crippen LogP contribution in [-0.4, -0.2) is 19.2 Å². The number of benzene rings is 2. The van der Waals surface area contributed by atoms with Crippen molar-refractivity contribution in [1.82, 2.24) is 4.98 Å². The Bertz CT molecular complexity index is 731. The molecule has 2 aromatic carbocycles. The van der Waals surface area contributed by atoms with Crippen LogP contribution in [0.3, 0.4) is 0 Å². The van der Waals surface area contributed by atoms with Crippen molar-refractivity contribution >= 4 is 10.8 Å². The minimum atomic E-state index is 0.786. The van der Waals surface area contributed by atoms with Gasteiger partial charge in [0.1, 0.15) is 11.5 Å². The van der Waals surface area contributed by atoms with Crippen LogP contribution in [0.4, 0.5) is 0 Å². The predicted molar refractivity (Wildman–Crippen MR) is 80.3 cm³/mol. The molecular weight excluding hydrogens is 250 g/mol. The summed E-state index contributed by atoms with van der Waals surface area (Å²) in [7, 11) is 3.31. The molecule has 0 unspecified atom stereocenters. The quantitative estimate of drug-likeness (QED) is 0.719. The zero-order chi connectivity index (χ0) is 13.9. The number of hydrogen-bond acceptors (Lipinski definition) is 3. The molecule has 0 aliphatic heterocycles. The zero-order valence-corrected chi connectivity index (χ0v) is 11.5. The maximum Gasteiger partial charge on any atom is 0.123 e. The zero-order valence-electron chi connectivity index (χ0n) is 11.5. The van der Waals surface area contributed by atoms with Gasteiger partial charge in [0.15, 0.2) is 0 Å². The molecule has 20 heavy (non-hydrogen) atoms. The Labute approximate surface area is 117 Å². The molecule has 0 bridgehead atoms. The Morgan fingerprint density at radius 3 is 2.20 bits per heavy atom. The van der Waals surface area contributed by atoms with Crippen molar-refractivity contribution in [2.45, 2.75) is 0 Å². The molecule has 0 aliphatic carbocycles. The summed E-state index contributed by atoms with van der Waals surface area (Å²) in [6, 6.07) is 14.2. The third kappa shape index (κ3) is 2.30. The topological polar surface area (TPSA) is 31.4 Å². The number of hydrogen-bond donors (Lipinski definition) is 0. The van der Waals surface area contributed by atoms with Crippen LogP contribution >= 0.6 is 0 Å². The highest BCUT2D eigenvalue weighted by molar-refractivity contribution is 5.86. The molecule has 1 aromatic heterocycles. The number of aromatic nitrogens is 1. The summed E-state index contributed by atoms with van der Waals surface area (Å²) in [5.74, 6) is 1.57. The lowest BCUT2D eigenvalue weighted by atomic mass is 10.0. The number of ether oxygens (including phenoxy) is 2. The number of methoxy groups -OCH3 is 2. The average Bonchev–Trinajstić information content (AvgIpc) is 2.53. The second kappa shape index (κ2) is 5.21. The predicted octanol–water partition coefficient (Wildman–Crippen LogP) is 3.92. The highest BCUT2D eigenvalue weighted by Gasteiger charge is 2.05. The molecule has 3 heteroatoms. The molecular formula is C17H15NO2. The fourth-order valence-corrected chi connectivity index (χ4v) is 2.24. The molecule has 1 heterocycles. The monoisotopic (exact) mass is 265 g/mol. The second-order valence-corrected chi connectivity index (χ2v) is 4.54. The Morgan fingerprint density at radius 1 is 0.750 bits per heavy atom. The smallest absolute Gasteiger partial charge is 0.123 e. The Hall–Kier alpha value is -2.55. The highest BCUT2D eigenvalue weighted by atomic mass is 16.5. The molecule has 0 amide bonds. The second-order valence-electron chi connectivity index (χ2n) is 4.54. The highest BCUT2D eigenvalue weighted by Crippen LogP contribution is 2.31. The summed E-state index contributed by atoms with van der Waals surface area (Å²) >= 11 is 0. The molecule has 0 saturated heterocycles. The van der Waals surface area contributed by atoms with Gasteiger partial charge in [0.25, 0.3) is 0 Å². The Kier molecular flexibility index (Phi) is 3.25. The molecule has 0 aliphatic rings. The number of rotatable bonds is 3. The number of nitrogens with zero attached hydrogens (tertiary/aromatic N) is 1. The molecule has 0 saturated carbocycles. The van der Waals surface area contributed by atoms with Gasteiger partial charge in [-0.15, -0.1) is 0 Å². The summed E-state index contributed by atoms with van der Waals surface area (Å²) < 4.78 is 10.6. The first-order valence-corrected chi connectivity index (χ1v) is 6.37. The molecule has 0 N–H and O–H groups in total. The summed E-state index contributed by atoms with van der Waals surface area (Å²) in [4.78, 5) is 4.13. The van der Waals surface area contributed by atoms with E-state index in [1.54, 1.807) is 20.4 Å². The third-order valence-corrected chi connectivity index (χ3v) is 3.33. The van der Waals surface area contributed by atoms with Gasteiger partial charge in [0, 0.05) is 23.8 Å². The lowest BCUT2D eigenvalue weighted by Crippen LogP contribution is -1.89. The lowest BCUT2D eigenvalue weighted by Gasteiger charge is -2.09. The van der Waals surface area contributed by atoms with Gasteiger partial charge < -0.3 is 9.47 Å². The standard InChI is InChI=1S/C17H15NO2/c1-19-16-8-15(9-17(10-16)20-2)12-3-4-14-11-18-6-5-13(14)7-12/h3-11H,1-2H3. The van der Waals surface area contributed by atoms with Gasteiger partial charge in [-0.25, -0.2) is 0 Å². The lowest BCUT2D eigenvalue weighted by molar-refractivity contribution is 0.394. The van der Waals surface area contributed by atoms with Crippen LogP contribution in [-0.2, 0) is 0 Å². The van der Waals surface area contributed by atoms with E-state index in [1.807, 2.05) is 30.5 Å². The molecule has 0 spiro atoms. The molecule has 3 aromatic rings. The van der Waals surface area contributed by atoms with Crippen LogP contribution < -0.4 is 9.47 Å². The molecule has 3 rings (SSSR count). The van der Waals surface area contributed by atoms with Crippen molar-refractivity contribution < 1.29 is 9.47 Å². The molecule has 0 atom stereocenters. The molecule has 100 valence electrons. The van der Waals surface area contributed by atoms with E-state index in [2.05, 4.69) is 23.2 Å². The van der Waals surface area contributed by atoms with Crippen molar-refractivity contribution in [1.29, 1.82) is 0 Å². The van der Waals surface area contributed by atoms with Crippen molar-refractivity contribution in [2.24, 2.45) is 0 Å². The summed E-state index contributed by atoms with van der Waals surface area (Å²) in [5.41, 5.74) is 2.20. The number of fused-ring (bicyclic) bond motifs is 1. The fraction of sp³-hybridized carbons (Fsp3) is 0.118. The van der Waals surface area contributed by atoms with Gasteiger partial charge in [-0.05, 0) is 40.8 Å². The van der Waals surface area contributed by atoms with Crippen LogP contribution in [0.2, 0.25) is 0 Å². The average molecular weight is 265 g/mol. The van der Waals surface area contributed by atoms with Crippen LogP contribution in [0.15, 0.2) is 54.9 Å². The van der Waals surface area contributed by atoms with E-state index >= 15 is 0 Å². The van der Waals surface area contributed by atoms with Gasteiger partial charge in [-0.2, -0.15) is 0 Å². The van der Waals surface area contributed by atoms with Gasteiger partial charge >= 0.3 is 0 Å². The summed E-state index contributed by atoms with van der Waals surface area (Å²) in [5, 5.41) is 2.30. The number of pyridine rings is 1. The Morgan fingerprint density at radius 2 is 1.50 bits per heavy atom. The SMILES string of the molecule is COc1cc(OC)cc(-c2ccc3cnccc3c2)c1. The van der Waals surface area contributed by atoms with E-state index in [1.165, 1.54) is 5.39 Å². The van der Waals surface area contributed by atoms with Crippen LogP contribution in [0.1, 0.15) is 0 Å². The van der Waals surface area contributed by atoms with E-state index in [0.717, 1.165) is 28.0 Å². The van der Waals surface area contributed by atoms with Crippen molar-refractivity contribution in [3.8, 4) is 22.6 Å². The van der Waals surface area contributed by atoms with Gasteiger partial charge in [0.05, 0.1) is 14.2 Å². The van der Waals surface area contributed by atoms with E-state index in [9.17, 15) is 0 Å². The van der Waals surface area contributed by atoms with Gasteiger partial charge in [0.2, 0.25) is 0 Å². The normalized spacial score (nSPS) is 10.5. The van der Waals surface area contributed by atoms with Gasteiger partial charge in [-0.1, -0.05) is 12.1 Å². The van der Waals surface area contributed by atoms with E-state index in [-0.39, 0.29) is 0 Å².